The fourth-order valence-corrected chi connectivity index (χ4v) is 3.17. The molecule has 6 heteroatoms. The number of carbonyl (C=O) groups excluding carboxylic acids is 2. The Labute approximate surface area is 142 Å². The van der Waals surface area contributed by atoms with Crippen LogP contribution in [-0.4, -0.2) is 55.6 Å². The zero-order valence-corrected chi connectivity index (χ0v) is 13.9. The number of hydrogen-bond donors (Lipinski definition) is 2. The van der Waals surface area contributed by atoms with Gasteiger partial charge >= 0.3 is 0 Å². The number of ether oxygens (including phenoxy) is 1. The van der Waals surface area contributed by atoms with E-state index < -0.39 is 0 Å². The molecule has 2 fully saturated rings. The Kier molecular flexibility index (Phi) is 5.82. The molecule has 2 aliphatic rings. The minimum Gasteiger partial charge on any atom is -0.378 e. The predicted molar refractivity (Wildman–Crippen MR) is 91.8 cm³/mol. The van der Waals surface area contributed by atoms with Crippen LogP contribution in [0.2, 0.25) is 0 Å². The number of carbonyl (C=O) groups is 2. The van der Waals surface area contributed by atoms with Gasteiger partial charge in [-0.05, 0) is 37.1 Å². The van der Waals surface area contributed by atoms with Crippen molar-refractivity contribution in [2.24, 2.45) is 0 Å². The molecule has 0 aromatic heterocycles. The van der Waals surface area contributed by atoms with Gasteiger partial charge in [0.15, 0.2) is 0 Å². The van der Waals surface area contributed by atoms with Crippen LogP contribution in [0, 0.1) is 0 Å². The lowest BCUT2D eigenvalue weighted by Gasteiger charge is -2.26. The van der Waals surface area contributed by atoms with E-state index in [1.807, 2.05) is 29.2 Å². The summed E-state index contributed by atoms with van der Waals surface area (Å²) < 4.78 is 5.26. The lowest BCUT2D eigenvalue weighted by atomic mass is 10.1. The second kappa shape index (κ2) is 8.26. The van der Waals surface area contributed by atoms with Crippen LogP contribution in [0.25, 0.3) is 0 Å². The molecule has 3 rings (SSSR count). The maximum Gasteiger partial charge on any atom is 0.227 e. The topological polar surface area (TPSA) is 70.7 Å². The summed E-state index contributed by atoms with van der Waals surface area (Å²) in [6, 6.07) is 7.84. The quantitative estimate of drug-likeness (QED) is 0.850. The van der Waals surface area contributed by atoms with E-state index in [1.165, 1.54) is 0 Å². The molecular formula is C18H25N3O3. The highest BCUT2D eigenvalue weighted by Crippen LogP contribution is 2.14. The van der Waals surface area contributed by atoms with Crippen LogP contribution in [0.5, 0.6) is 0 Å². The van der Waals surface area contributed by atoms with Crippen LogP contribution in [0.3, 0.4) is 0 Å². The molecule has 1 aromatic carbocycles. The summed E-state index contributed by atoms with van der Waals surface area (Å²) in [4.78, 5) is 26.1. The van der Waals surface area contributed by atoms with Crippen LogP contribution in [0.1, 0.15) is 24.8 Å². The Morgan fingerprint density at radius 2 is 1.96 bits per heavy atom. The molecule has 1 aromatic rings. The second-order valence-corrected chi connectivity index (χ2v) is 6.41. The lowest BCUT2D eigenvalue weighted by molar-refractivity contribution is -0.134. The Morgan fingerprint density at radius 1 is 1.21 bits per heavy atom. The summed E-state index contributed by atoms with van der Waals surface area (Å²) in [5.74, 6) is 0.161. The van der Waals surface area contributed by atoms with E-state index in [2.05, 4.69) is 10.6 Å². The molecule has 0 saturated carbocycles. The molecule has 2 saturated heterocycles. The van der Waals surface area contributed by atoms with Gasteiger partial charge in [0, 0.05) is 31.2 Å². The molecule has 0 bridgehead atoms. The summed E-state index contributed by atoms with van der Waals surface area (Å²) in [6.45, 7) is 3.58. The van der Waals surface area contributed by atoms with Gasteiger partial charge in [0.25, 0.3) is 0 Å². The highest BCUT2D eigenvalue weighted by Gasteiger charge is 2.18. The van der Waals surface area contributed by atoms with E-state index in [9.17, 15) is 9.59 Å². The fourth-order valence-electron chi connectivity index (χ4n) is 3.17. The molecule has 2 heterocycles. The Balaban J connectivity index is 1.47. The average molecular weight is 331 g/mol. The van der Waals surface area contributed by atoms with Crippen molar-refractivity contribution in [2.75, 3.05) is 38.2 Å². The Morgan fingerprint density at radius 3 is 2.62 bits per heavy atom. The number of hydrogen-bond acceptors (Lipinski definition) is 4. The van der Waals surface area contributed by atoms with Crippen LogP contribution in [0.4, 0.5) is 5.69 Å². The average Bonchev–Trinajstić information content (AvgIpc) is 3.10. The maximum absolute atomic E-state index is 12.2. The summed E-state index contributed by atoms with van der Waals surface area (Å²) >= 11 is 0. The van der Waals surface area contributed by atoms with E-state index in [0.29, 0.717) is 45.2 Å². The second-order valence-electron chi connectivity index (χ2n) is 6.41. The molecule has 2 amide bonds. The van der Waals surface area contributed by atoms with Crippen molar-refractivity contribution in [1.29, 1.82) is 0 Å². The first kappa shape index (κ1) is 16.9. The van der Waals surface area contributed by atoms with E-state index in [1.54, 1.807) is 0 Å². The van der Waals surface area contributed by atoms with Crippen LogP contribution >= 0.6 is 0 Å². The third-order valence-electron chi connectivity index (χ3n) is 4.55. The zero-order chi connectivity index (χ0) is 16.8. The minimum atomic E-state index is 0.0338. The van der Waals surface area contributed by atoms with Crippen molar-refractivity contribution >= 4 is 17.5 Å². The fraction of sp³-hybridized carbons (Fsp3) is 0.556. The number of rotatable bonds is 5. The number of morpholine rings is 1. The first-order chi connectivity index (χ1) is 11.7. The van der Waals surface area contributed by atoms with E-state index in [4.69, 9.17) is 4.74 Å². The zero-order valence-electron chi connectivity index (χ0n) is 13.9. The van der Waals surface area contributed by atoms with E-state index >= 15 is 0 Å². The van der Waals surface area contributed by atoms with Gasteiger partial charge in [-0.2, -0.15) is 0 Å². The molecule has 1 atom stereocenters. The first-order valence-corrected chi connectivity index (χ1v) is 8.68. The summed E-state index contributed by atoms with van der Waals surface area (Å²) in [5, 5.41) is 6.25. The first-order valence-electron chi connectivity index (χ1n) is 8.68. The van der Waals surface area contributed by atoms with Crippen LogP contribution in [0.15, 0.2) is 24.3 Å². The van der Waals surface area contributed by atoms with Gasteiger partial charge in [-0.25, -0.2) is 0 Å². The van der Waals surface area contributed by atoms with Crippen molar-refractivity contribution in [2.45, 2.75) is 31.7 Å². The molecular weight excluding hydrogens is 306 g/mol. The van der Waals surface area contributed by atoms with Gasteiger partial charge in [0.2, 0.25) is 11.8 Å². The number of anilines is 1. The minimum absolute atomic E-state index is 0.0338. The largest absolute Gasteiger partial charge is 0.378 e. The highest BCUT2D eigenvalue weighted by molar-refractivity contribution is 5.91. The van der Waals surface area contributed by atoms with E-state index in [-0.39, 0.29) is 11.8 Å². The van der Waals surface area contributed by atoms with Crippen molar-refractivity contribution in [3.05, 3.63) is 29.8 Å². The molecule has 6 nitrogen and oxygen atoms in total. The van der Waals surface area contributed by atoms with Crippen LogP contribution < -0.4 is 10.6 Å². The Hall–Kier alpha value is -1.92. The number of nitrogens with one attached hydrogen (secondary N) is 2. The lowest BCUT2D eigenvalue weighted by Crippen LogP contribution is -2.41. The molecule has 1 unspecified atom stereocenters. The highest BCUT2D eigenvalue weighted by atomic mass is 16.5. The van der Waals surface area contributed by atoms with Gasteiger partial charge in [0.1, 0.15) is 0 Å². The van der Waals surface area contributed by atoms with Crippen molar-refractivity contribution < 1.29 is 14.3 Å². The summed E-state index contributed by atoms with van der Waals surface area (Å²) in [6.07, 6.45) is 3.11. The maximum atomic E-state index is 12.2. The number of benzene rings is 1. The third-order valence-corrected chi connectivity index (χ3v) is 4.55. The number of amides is 2. The molecule has 0 aliphatic carbocycles. The molecule has 2 aliphatic heterocycles. The van der Waals surface area contributed by atoms with Gasteiger partial charge in [-0.1, -0.05) is 12.1 Å². The van der Waals surface area contributed by atoms with Gasteiger partial charge in [-0.15, -0.1) is 0 Å². The normalized spacial score (nSPS) is 20.8. The molecule has 0 spiro atoms. The summed E-state index contributed by atoms with van der Waals surface area (Å²) in [7, 11) is 0. The molecule has 0 radical (unpaired) electrons. The van der Waals surface area contributed by atoms with Gasteiger partial charge in [-0.3, -0.25) is 9.59 Å². The van der Waals surface area contributed by atoms with Gasteiger partial charge < -0.3 is 20.3 Å². The number of nitrogens with zero attached hydrogens (tertiary/aromatic N) is 1. The third kappa shape index (κ3) is 4.79. The standard InChI is InChI=1S/C18H25N3O3/c22-17(13-16-2-1-7-19-16)20-15-5-3-14(4-6-15)12-18(23)21-8-10-24-11-9-21/h3-6,16,19H,1-2,7-13H2,(H,20,22). The van der Waals surface area contributed by atoms with Crippen molar-refractivity contribution in [1.82, 2.24) is 10.2 Å². The van der Waals surface area contributed by atoms with E-state index in [0.717, 1.165) is 30.6 Å². The van der Waals surface area contributed by atoms with Crippen molar-refractivity contribution in [3.63, 3.8) is 0 Å². The summed E-state index contributed by atoms with van der Waals surface area (Å²) in [5.41, 5.74) is 1.74. The molecule has 130 valence electrons. The monoisotopic (exact) mass is 331 g/mol. The molecule has 2 N–H and O–H groups in total. The molecule has 24 heavy (non-hydrogen) atoms. The van der Waals surface area contributed by atoms with Crippen molar-refractivity contribution in [3.8, 4) is 0 Å². The Bertz CT molecular complexity index is 561. The smallest absolute Gasteiger partial charge is 0.227 e. The SMILES string of the molecule is O=C(CC1CCCN1)Nc1ccc(CC(=O)N2CCOCC2)cc1. The predicted octanol–water partition coefficient (Wildman–Crippen LogP) is 1.17. The van der Waals surface area contributed by atoms with Crippen LogP contribution in [-0.2, 0) is 20.7 Å². The van der Waals surface area contributed by atoms with Gasteiger partial charge in [0.05, 0.1) is 19.6 Å².